The minimum atomic E-state index is -3.78. The first-order valence-corrected chi connectivity index (χ1v) is 12.5. The van der Waals surface area contributed by atoms with Gasteiger partial charge in [-0.2, -0.15) is 0 Å². The van der Waals surface area contributed by atoms with Crippen LogP contribution in [-0.4, -0.2) is 69.1 Å². The molecule has 1 fully saturated rings. The molecule has 0 spiro atoms. The maximum absolute atomic E-state index is 12.6. The van der Waals surface area contributed by atoms with Crippen molar-refractivity contribution in [2.45, 2.75) is 25.6 Å². The third kappa shape index (κ3) is 7.19. The molecule has 33 heavy (non-hydrogen) atoms. The quantitative estimate of drug-likeness (QED) is 0.508. The van der Waals surface area contributed by atoms with Crippen LogP contribution >= 0.6 is 0 Å². The summed E-state index contributed by atoms with van der Waals surface area (Å²) in [5.41, 5.74) is 1.23. The van der Waals surface area contributed by atoms with E-state index in [0.717, 1.165) is 0 Å². The second-order valence-corrected chi connectivity index (χ2v) is 10.1. The molecule has 178 valence electrons. The first-order valence-electron chi connectivity index (χ1n) is 10.8. The van der Waals surface area contributed by atoms with Gasteiger partial charge in [0.05, 0.1) is 23.5 Å². The molecule has 3 rings (SSSR count). The van der Waals surface area contributed by atoms with E-state index in [9.17, 15) is 23.1 Å². The van der Waals surface area contributed by atoms with E-state index in [4.69, 9.17) is 0 Å². The summed E-state index contributed by atoms with van der Waals surface area (Å²) in [4.78, 5) is 27.9. The van der Waals surface area contributed by atoms with Gasteiger partial charge >= 0.3 is 5.97 Å². The minimum absolute atomic E-state index is 0.0150. The Labute approximate surface area is 194 Å². The van der Waals surface area contributed by atoms with Gasteiger partial charge in [0, 0.05) is 37.9 Å². The molecule has 1 aliphatic heterocycles. The van der Waals surface area contributed by atoms with Crippen LogP contribution in [-0.2, 0) is 20.6 Å². The van der Waals surface area contributed by atoms with Crippen LogP contribution in [0.3, 0.4) is 0 Å². The van der Waals surface area contributed by atoms with Gasteiger partial charge in [-0.05, 0) is 37.6 Å². The molecule has 0 aliphatic carbocycles. The second-order valence-electron chi connectivity index (χ2n) is 8.37. The van der Waals surface area contributed by atoms with E-state index in [0.29, 0.717) is 44.0 Å². The highest BCUT2D eigenvalue weighted by Gasteiger charge is 2.22. The van der Waals surface area contributed by atoms with Crippen LogP contribution in [0.1, 0.15) is 29.8 Å². The number of piperazine rings is 1. The molecule has 1 heterocycles. The molecule has 3 N–H and O–H groups in total. The fraction of sp³-hybridized carbons (Fsp3) is 0.391. The number of hydrogen-bond acceptors (Lipinski definition) is 6. The fourth-order valence-electron chi connectivity index (χ4n) is 3.73. The van der Waals surface area contributed by atoms with Gasteiger partial charge in [0.25, 0.3) is 0 Å². The van der Waals surface area contributed by atoms with Crippen LogP contribution in [0.5, 0.6) is 0 Å². The van der Waals surface area contributed by atoms with Gasteiger partial charge in [-0.1, -0.05) is 30.3 Å². The van der Waals surface area contributed by atoms with Gasteiger partial charge in [0.15, 0.2) is 0 Å². The molecule has 0 bridgehead atoms. The Bertz CT molecular complexity index is 1080. The van der Waals surface area contributed by atoms with Crippen molar-refractivity contribution in [1.82, 2.24) is 10.2 Å². The number of amides is 1. The molecule has 2 aromatic carbocycles. The Kier molecular flexibility index (Phi) is 7.93. The van der Waals surface area contributed by atoms with Crippen molar-refractivity contribution in [3.05, 3.63) is 59.7 Å². The fourth-order valence-corrected chi connectivity index (χ4v) is 4.94. The number of carbonyl (C=O) groups excluding carboxylic acids is 1. The van der Waals surface area contributed by atoms with Crippen molar-refractivity contribution in [3.8, 4) is 0 Å². The highest BCUT2D eigenvalue weighted by Crippen LogP contribution is 2.26. The van der Waals surface area contributed by atoms with Crippen LogP contribution in [0.25, 0.3) is 0 Å². The van der Waals surface area contributed by atoms with E-state index in [1.807, 2.05) is 18.7 Å². The lowest BCUT2D eigenvalue weighted by molar-refractivity contribution is -0.122. The zero-order valence-corrected chi connectivity index (χ0v) is 19.6. The number of sulfonamides is 1. The van der Waals surface area contributed by atoms with Crippen molar-refractivity contribution < 1.29 is 23.1 Å². The molecule has 0 aromatic heterocycles. The maximum atomic E-state index is 12.6. The summed E-state index contributed by atoms with van der Waals surface area (Å²) in [5.74, 6) is -1.47. The van der Waals surface area contributed by atoms with Gasteiger partial charge in [-0.3, -0.25) is 14.4 Å². The third-order valence-electron chi connectivity index (χ3n) is 5.25. The summed E-state index contributed by atoms with van der Waals surface area (Å²) in [5, 5.41) is 12.6. The van der Waals surface area contributed by atoms with Crippen LogP contribution < -0.4 is 14.9 Å². The Balaban J connectivity index is 1.67. The topological polar surface area (TPSA) is 119 Å². The molecular formula is C23H30N4O5S. The van der Waals surface area contributed by atoms with Gasteiger partial charge in [-0.25, -0.2) is 13.2 Å². The predicted octanol–water partition coefficient (Wildman–Crippen LogP) is 1.97. The summed E-state index contributed by atoms with van der Waals surface area (Å²) >= 11 is 0. The number of rotatable bonds is 9. The van der Waals surface area contributed by atoms with Crippen molar-refractivity contribution >= 4 is 33.3 Å². The number of benzene rings is 2. The van der Waals surface area contributed by atoms with E-state index in [1.165, 1.54) is 12.1 Å². The van der Waals surface area contributed by atoms with Gasteiger partial charge in [0.1, 0.15) is 0 Å². The largest absolute Gasteiger partial charge is 0.478 e. The normalized spacial score (nSPS) is 14.8. The Morgan fingerprint density at radius 3 is 2.30 bits per heavy atom. The van der Waals surface area contributed by atoms with Gasteiger partial charge < -0.3 is 15.3 Å². The molecule has 1 saturated heterocycles. The summed E-state index contributed by atoms with van der Waals surface area (Å²) in [7, 11) is -3.78. The SMILES string of the molecule is CC(C)NC(=O)CN1CCN(c2ccc(NS(=O)(=O)Cc3ccccc3)c(C(=O)O)c2)CC1. The van der Waals surface area contributed by atoms with Crippen molar-refractivity contribution in [2.75, 3.05) is 42.3 Å². The smallest absolute Gasteiger partial charge is 0.337 e. The van der Waals surface area contributed by atoms with E-state index in [-0.39, 0.29) is 29.0 Å². The monoisotopic (exact) mass is 474 g/mol. The number of anilines is 2. The lowest BCUT2D eigenvalue weighted by Gasteiger charge is -2.36. The number of hydrogen-bond donors (Lipinski definition) is 3. The summed E-state index contributed by atoms with van der Waals surface area (Å²) < 4.78 is 27.5. The molecule has 0 radical (unpaired) electrons. The number of carbonyl (C=O) groups is 2. The molecule has 1 amide bonds. The summed E-state index contributed by atoms with van der Waals surface area (Å²) in [6, 6.07) is 13.5. The molecule has 0 atom stereocenters. The predicted molar refractivity (Wildman–Crippen MR) is 128 cm³/mol. The number of nitrogens with one attached hydrogen (secondary N) is 2. The molecular weight excluding hydrogens is 444 g/mol. The highest BCUT2D eigenvalue weighted by molar-refractivity contribution is 7.91. The van der Waals surface area contributed by atoms with Crippen LogP contribution in [0.15, 0.2) is 48.5 Å². The third-order valence-corrected chi connectivity index (χ3v) is 6.50. The Hall–Kier alpha value is -3.11. The lowest BCUT2D eigenvalue weighted by Crippen LogP contribution is -2.50. The molecule has 1 aliphatic rings. The van der Waals surface area contributed by atoms with E-state index < -0.39 is 16.0 Å². The van der Waals surface area contributed by atoms with Crippen LogP contribution in [0.4, 0.5) is 11.4 Å². The average molecular weight is 475 g/mol. The first-order chi connectivity index (χ1) is 15.6. The van der Waals surface area contributed by atoms with Crippen molar-refractivity contribution in [3.63, 3.8) is 0 Å². The van der Waals surface area contributed by atoms with E-state index >= 15 is 0 Å². The highest BCUT2D eigenvalue weighted by atomic mass is 32.2. The zero-order chi connectivity index (χ0) is 24.0. The van der Waals surface area contributed by atoms with E-state index in [2.05, 4.69) is 14.9 Å². The second kappa shape index (κ2) is 10.7. The summed E-state index contributed by atoms with van der Waals surface area (Å²) in [6.07, 6.45) is 0. The molecule has 9 nitrogen and oxygen atoms in total. The standard InChI is InChI=1S/C23H30N4O5S/c1-17(2)24-22(28)15-26-10-12-27(13-11-26)19-8-9-21(20(14-19)23(29)30)25-33(31,32)16-18-6-4-3-5-7-18/h3-9,14,17,25H,10-13,15-16H2,1-2H3,(H,24,28)(H,29,30). The molecule has 10 heteroatoms. The Morgan fingerprint density at radius 1 is 1.03 bits per heavy atom. The zero-order valence-electron chi connectivity index (χ0n) is 18.8. The average Bonchev–Trinajstić information content (AvgIpc) is 2.74. The lowest BCUT2D eigenvalue weighted by atomic mass is 10.1. The maximum Gasteiger partial charge on any atom is 0.337 e. The number of nitrogens with zero attached hydrogens (tertiary/aromatic N) is 2. The van der Waals surface area contributed by atoms with Crippen LogP contribution in [0.2, 0.25) is 0 Å². The van der Waals surface area contributed by atoms with Gasteiger partial charge in [-0.15, -0.1) is 0 Å². The summed E-state index contributed by atoms with van der Waals surface area (Å²) in [6.45, 7) is 6.76. The van der Waals surface area contributed by atoms with E-state index in [1.54, 1.807) is 36.4 Å². The molecule has 0 saturated carbocycles. The van der Waals surface area contributed by atoms with Crippen molar-refractivity contribution in [2.24, 2.45) is 0 Å². The number of aromatic carboxylic acids is 1. The molecule has 2 aromatic rings. The molecule has 0 unspecified atom stereocenters. The van der Waals surface area contributed by atoms with Gasteiger partial charge in [0.2, 0.25) is 15.9 Å². The number of carboxylic acids is 1. The first kappa shape index (κ1) is 24.5. The Morgan fingerprint density at radius 2 is 1.70 bits per heavy atom. The van der Waals surface area contributed by atoms with Crippen molar-refractivity contribution in [1.29, 1.82) is 0 Å². The number of carboxylic acid groups (broad SMARTS) is 1. The van der Waals surface area contributed by atoms with Crippen LogP contribution in [0, 0.1) is 0 Å². The minimum Gasteiger partial charge on any atom is -0.478 e.